The molecule has 0 bridgehead atoms. The van der Waals surface area contributed by atoms with E-state index in [2.05, 4.69) is 69.4 Å². The molecule has 1 N–H and O–H groups in total. The Labute approximate surface area is 111 Å². The fourth-order valence-corrected chi connectivity index (χ4v) is 2.25. The number of rotatable bonds is 4. The van der Waals surface area contributed by atoms with Crippen LogP contribution < -0.4 is 5.32 Å². The topological polar surface area (TPSA) is 17.0 Å². The zero-order valence-electron chi connectivity index (χ0n) is 10.2. The first-order valence-corrected chi connectivity index (χ1v) is 6.54. The van der Waals surface area contributed by atoms with Crippen molar-refractivity contribution in [3.8, 4) is 0 Å². The van der Waals surface area contributed by atoms with Gasteiger partial charge in [0.25, 0.3) is 0 Å². The van der Waals surface area contributed by atoms with E-state index in [1.807, 2.05) is 13.1 Å². The first-order chi connectivity index (χ1) is 8.15. The van der Waals surface area contributed by atoms with E-state index in [1.165, 1.54) is 11.1 Å². The van der Waals surface area contributed by atoms with Crippen LogP contribution in [-0.2, 0) is 13.6 Å². The molecule has 2 aromatic rings. The van der Waals surface area contributed by atoms with Gasteiger partial charge in [-0.15, -0.1) is 0 Å². The Kier molecular flexibility index (Phi) is 4.02. The molecule has 0 aliphatic heterocycles. The predicted molar refractivity (Wildman–Crippen MR) is 74.8 cm³/mol. The molecule has 0 aliphatic rings. The molecule has 2 rings (SSSR count). The van der Waals surface area contributed by atoms with E-state index < -0.39 is 0 Å². The highest BCUT2D eigenvalue weighted by Crippen LogP contribution is 2.18. The van der Waals surface area contributed by atoms with Crippen LogP contribution in [0, 0.1) is 0 Å². The van der Waals surface area contributed by atoms with Crippen LogP contribution in [0.2, 0.25) is 0 Å². The van der Waals surface area contributed by atoms with E-state index >= 15 is 0 Å². The third-order valence-electron chi connectivity index (χ3n) is 2.85. The van der Waals surface area contributed by atoms with Gasteiger partial charge in [0, 0.05) is 36.5 Å². The normalized spacial score (nSPS) is 12.6. The average Bonchev–Trinajstić information content (AvgIpc) is 2.72. The van der Waals surface area contributed by atoms with Crippen molar-refractivity contribution in [1.29, 1.82) is 0 Å². The van der Waals surface area contributed by atoms with Crippen LogP contribution in [0.5, 0.6) is 0 Å². The Bertz CT molecular complexity index is 490. The molecule has 0 saturated heterocycles. The molecule has 0 radical (unpaired) electrons. The van der Waals surface area contributed by atoms with Gasteiger partial charge in [-0.1, -0.05) is 28.1 Å². The molecule has 1 heterocycles. The van der Waals surface area contributed by atoms with Gasteiger partial charge in [-0.3, -0.25) is 0 Å². The maximum Gasteiger partial charge on any atom is 0.0295 e. The molecule has 90 valence electrons. The lowest BCUT2D eigenvalue weighted by Crippen LogP contribution is -2.17. The molecule has 2 nitrogen and oxygen atoms in total. The second-order valence-electron chi connectivity index (χ2n) is 4.34. The zero-order valence-corrected chi connectivity index (χ0v) is 11.7. The fraction of sp³-hybridized carbons (Fsp3) is 0.286. The second kappa shape index (κ2) is 5.52. The molecule has 17 heavy (non-hydrogen) atoms. The summed E-state index contributed by atoms with van der Waals surface area (Å²) in [6.07, 6.45) is 4.21. The van der Waals surface area contributed by atoms with Crippen molar-refractivity contribution >= 4 is 15.9 Å². The van der Waals surface area contributed by atoms with Gasteiger partial charge in [-0.05, 0) is 36.2 Å². The van der Waals surface area contributed by atoms with E-state index in [4.69, 9.17) is 0 Å². The zero-order chi connectivity index (χ0) is 12.3. The predicted octanol–water partition coefficient (Wildman–Crippen LogP) is 3.64. The molecule has 0 amide bonds. The largest absolute Gasteiger partial charge is 0.357 e. The van der Waals surface area contributed by atoms with Gasteiger partial charge in [0.15, 0.2) is 0 Å². The summed E-state index contributed by atoms with van der Waals surface area (Å²) in [4.78, 5) is 0. The summed E-state index contributed by atoms with van der Waals surface area (Å²) < 4.78 is 3.20. The summed E-state index contributed by atoms with van der Waals surface area (Å²) in [7, 11) is 2.04. The number of halogens is 1. The van der Waals surface area contributed by atoms with Crippen LogP contribution in [0.25, 0.3) is 0 Å². The molecular formula is C14H17BrN2. The number of hydrogen-bond acceptors (Lipinski definition) is 1. The van der Waals surface area contributed by atoms with Gasteiger partial charge < -0.3 is 9.88 Å². The number of nitrogens with zero attached hydrogens (tertiary/aromatic N) is 1. The van der Waals surface area contributed by atoms with Crippen LogP contribution in [0.1, 0.15) is 24.1 Å². The summed E-state index contributed by atoms with van der Waals surface area (Å²) >= 11 is 3.50. The molecule has 0 fully saturated rings. The smallest absolute Gasteiger partial charge is 0.0295 e. The van der Waals surface area contributed by atoms with Gasteiger partial charge in [0.2, 0.25) is 0 Å². The van der Waals surface area contributed by atoms with Crippen molar-refractivity contribution in [2.75, 3.05) is 0 Å². The second-order valence-corrected chi connectivity index (χ2v) is 5.26. The Hall–Kier alpha value is -1.06. The number of aromatic nitrogens is 1. The van der Waals surface area contributed by atoms with E-state index in [9.17, 15) is 0 Å². The lowest BCUT2D eigenvalue weighted by Gasteiger charge is -2.14. The molecule has 3 heteroatoms. The highest BCUT2D eigenvalue weighted by atomic mass is 79.9. The summed E-state index contributed by atoms with van der Waals surface area (Å²) in [5.41, 5.74) is 2.62. The molecule has 0 saturated carbocycles. The first-order valence-electron chi connectivity index (χ1n) is 5.75. The van der Waals surface area contributed by atoms with Gasteiger partial charge in [-0.2, -0.15) is 0 Å². The SMILES string of the molecule is C[C@H](NCc1ccn(C)c1)c1cccc(Br)c1. The Morgan fingerprint density at radius 2 is 2.18 bits per heavy atom. The van der Waals surface area contributed by atoms with Crippen LogP contribution in [-0.4, -0.2) is 4.57 Å². The van der Waals surface area contributed by atoms with Crippen LogP contribution in [0.4, 0.5) is 0 Å². The monoisotopic (exact) mass is 292 g/mol. The minimum atomic E-state index is 0.354. The molecule has 1 aromatic heterocycles. The van der Waals surface area contributed by atoms with Crippen molar-refractivity contribution in [3.63, 3.8) is 0 Å². The van der Waals surface area contributed by atoms with Gasteiger partial charge >= 0.3 is 0 Å². The quantitative estimate of drug-likeness (QED) is 0.910. The number of aryl methyl sites for hydroxylation is 1. The summed E-state index contributed by atoms with van der Waals surface area (Å²) in [6.45, 7) is 3.08. The number of benzene rings is 1. The average molecular weight is 293 g/mol. The molecule has 0 aliphatic carbocycles. The van der Waals surface area contributed by atoms with Crippen molar-refractivity contribution in [1.82, 2.24) is 9.88 Å². The third kappa shape index (κ3) is 3.45. The standard InChI is InChI=1S/C14H17BrN2/c1-11(13-4-3-5-14(15)8-13)16-9-12-6-7-17(2)10-12/h3-8,10-11,16H,9H2,1-2H3/t11-/m0/s1. The fourth-order valence-electron chi connectivity index (χ4n) is 1.83. The molecule has 1 atom stereocenters. The van der Waals surface area contributed by atoms with Gasteiger partial charge in [0.05, 0.1) is 0 Å². The van der Waals surface area contributed by atoms with Gasteiger partial charge in [-0.25, -0.2) is 0 Å². The summed E-state index contributed by atoms with van der Waals surface area (Å²) in [5, 5.41) is 3.52. The number of nitrogens with one attached hydrogen (secondary N) is 1. The van der Waals surface area contributed by atoms with E-state index in [0.717, 1.165) is 11.0 Å². The highest BCUT2D eigenvalue weighted by molar-refractivity contribution is 9.10. The van der Waals surface area contributed by atoms with Crippen LogP contribution in [0.15, 0.2) is 47.2 Å². The summed E-state index contributed by atoms with van der Waals surface area (Å²) in [6, 6.07) is 10.9. The minimum Gasteiger partial charge on any atom is -0.357 e. The minimum absolute atomic E-state index is 0.354. The first kappa shape index (κ1) is 12.4. The maximum absolute atomic E-state index is 3.52. The maximum atomic E-state index is 3.52. The van der Waals surface area contributed by atoms with Gasteiger partial charge in [0.1, 0.15) is 0 Å². The molecule has 0 unspecified atom stereocenters. The third-order valence-corrected chi connectivity index (χ3v) is 3.35. The van der Waals surface area contributed by atoms with Crippen molar-refractivity contribution in [2.45, 2.75) is 19.5 Å². The van der Waals surface area contributed by atoms with Crippen molar-refractivity contribution < 1.29 is 0 Å². The van der Waals surface area contributed by atoms with E-state index in [0.29, 0.717) is 6.04 Å². The Balaban J connectivity index is 1.95. The Morgan fingerprint density at radius 1 is 1.35 bits per heavy atom. The van der Waals surface area contributed by atoms with Crippen molar-refractivity contribution in [2.24, 2.45) is 7.05 Å². The molecule has 0 spiro atoms. The number of hydrogen-bond donors (Lipinski definition) is 1. The lowest BCUT2D eigenvalue weighted by atomic mass is 10.1. The molecular weight excluding hydrogens is 276 g/mol. The Morgan fingerprint density at radius 3 is 2.82 bits per heavy atom. The van der Waals surface area contributed by atoms with E-state index in [1.54, 1.807) is 0 Å². The van der Waals surface area contributed by atoms with Crippen LogP contribution >= 0.6 is 15.9 Å². The summed E-state index contributed by atoms with van der Waals surface area (Å²) in [5.74, 6) is 0. The van der Waals surface area contributed by atoms with Crippen LogP contribution in [0.3, 0.4) is 0 Å². The lowest BCUT2D eigenvalue weighted by molar-refractivity contribution is 0.574. The van der Waals surface area contributed by atoms with E-state index in [-0.39, 0.29) is 0 Å². The highest BCUT2D eigenvalue weighted by Gasteiger charge is 2.05. The molecule has 1 aromatic carbocycles. The van der Waals surface area contributed by atoms with Crippen molar-refractivity contribution in [3.05, 3.63) is 58.3 Å².